The fraction of sp³-hybridized carbons (Fsp3) is 0.217. The number of fused-ring (bicyclic) bond motifs is 1. The lowest BCUT2D eigenvalue weighted by molar-refractivity contribution is 0.0987. The zero-order valence-corrected chi connectivity index (χ0v) is 20.1. The molecule has 0 aliphatic heterocycles. The Morgan fingerprint density at radius 3 is 2.56 bits per heavy atom. The molecule has 4 rings (SSSR count). The molecule has 0 unspecified atom stereocenters. The van der Waals surface area contributed by atoms with E-state index >= 15 is 0 Å². The van der Waals surface area contributed by atoms with Crippen LogP contribution in [0.4, 0.5) is 5.13 Å². The number of sulfone groups is 1. The van der Waals surface area contributed by atoms with Crippen molar-refractivity contribution >= 4 is 53.8 Å². The number of aromatic nitrogens is 1. The van der Waals surface area contributed by atoms with Gasteiger partial charge in [-0.05, 0) is 67.3 Å². The van der Waals surface area contributed by atoms with E-state index in [1.807, 2.05) is 24.4 Å². The molecule has 32 heavy (non-hydrogen) atoms. The number of nitrogens with zero attached hydrogens (tertiary/aromatic N) is 2. The smallest absolute Gasteiger partial charge is 0.260 e. The summed E-state index contributed by atoms with van der Waals surface area (Å²) in [6.45, 7) is 2.93. The van der Waals surface area contributed by atoms with Crippen LogP contribution in [0.3, 0.4) is 0 Å². The van der Waals surface area contributed by atoms with E-state index in [4.69, 9.17) is 4.74 Å². The van der Waals surface area contributed by atoms with E-state index < -0.39 is 9.84 Å². The van der Waals surface area contributed by atoms with Crippen molar-refractivity contribution in [2.45, 2.75) is 18.2 Å². The first kappa shape index (κ1) is 22.4. The van der Waals surface area contributed by atoms with Crippen LogP contribution in [0.1, 0.15) is 22.2 Å². The van der Waals surface area contributed by atoms with Gasteiger partial charge in [-0.25, -0.2) is 13.4 Å². The van der Waals surface area contributed by atoms with E-state index in [2.05, 4.69) is 4.98 Å². The molecule has 0 aliphatic rings. The molecule has 0 fully saturated rings. The van der Waals surface area contributed by atoms with Crippen LogP contribution < -0.4 is 9.64 Å². The first-order valence-corrected chi connectivity index (χ1v) is 13.6. The lowest BCUT2D eigenvalue weighted by Gasteiger charge is -2.20. The van der Waals surface area contributed by atoms with Crippen molar-refractivity contribution in [3.8, 4) is 5.75 Å². The lowest BCUT2D eigenvalue weighted by Crippen LogP contribution is -2.32. The Kier molecular flexibility index (Phi) is 6.59. The van der Waals surface area contributed by atoms with Gasteiger partial charge in [-0.3, -0.25) is 9.69 Å². The number of carbonyl (C=O) groups excluding carboxylic acids is 1. The molecule has 1 amide bonds. The first-order chi connectivity index (χ1) is 15.3. The van der Waals surface area contributed by atoms with Crippen molar-refractivity contribution in [3.05, 3.63) is 70.4 Å². The zero-order chi connectivity index (χ0) is 22.7. The molecule has 0 saturated carbocycles. The van der Waals surface area contributed by atoms with Crippen molar-refractivity contribution in [2.75, 3.05) is 24.3 Å². The van der Waals surface area contributed by atoms with Crippen LogP contribution in [0.25, 0.3) is 10.2 Å². The Balaban J connectivity index is 1.69. The van der Waals surface area contributed by atoms with E-state index in [-0.39, 0.29) is 10.8 Å². The molecular formula is C23H22N2O4S3. The maximum atomic E-state index is 13.4. The standard InChI is InChI=1S/C23H22N2O4S3/c1-3-29-17-8-6-16(7-9-17)22(26)25(13-12-18-5-4-14-30-18)23-24-20-11-10-19(32(2,27)28)15-21(20)31-23/h4-11,14-15H,3,12-13H2,1-2H3. The van der Waals surface area contributed by atoms with Crippen molar-refractivity contribution in [1.82, 2.24) is 4.98 Å². The highest BCUT2D eigenvalue weighted by Gasteiger charge is 2.22. The van der Waals surface area contributed by atoms with Gasteiger partial charge >= 0.3 is 0 Å². The minimum Gasteiger partial charge on any atom is -0.494 e. The summed E-state index contributed by atoms with van der Waals surface area (Å²) in [5, 5.41) is 2.55. The van der Waals surface area contributed by atoms with Gasteiger partial charge in [0.05, 0.1) is 21.7 Å². The average molecular weight is 487 g/mol. The Labute approximate surface area is 195 Å². The average Bonchev–Trinajstić information content (AvgIpc) is 3.43. The molecule has 0 saturated heterocycles. The number of hydrogen-bond acceptors (Lipinski definition) is 7. The molecule has 0 spiro atoms. The fourth-order valence-corrected chi connectivity index (χ4v) is 5.67. The second-order valence-corrected chi connectivity index (χ2v) is 11.2. The molecule has 6 nitrogen and oxygen atoms in total. The third kappa shape index (κ3) is 5.01. The predicted octanol–water partition coefficient (Wildman–Crippen LogP) is 5.05. The van der Waals surface area contributed by atoms with E-state index in [1.54, 1.807) is 58.7 Å². The number of hydrogen-bond donors (Lipinski definition) is 0. The number of thiophene rings is 1. The van der Waals surface area contributed by atoms with Gasteiger partial charge in [-0.15, -0.1) is 11.3 Å². The molecule has 0 radical (unpaired) electrons. The first-order valence-electron chi connectivity index (χ1n) is 10.0. The number of benzene rings is 2. The minimum absolute atomic E-state index is 0.160. The summed E-state index contributed by atoms with van der Waals surface area (Å²) < 4.78 is 30.1. The quantitative estimate of drug-likeness (QED) is 0.348. The van der Waals surface area contributed by atoms with Crippen LogP contribution in [0, 0.1) is 0 Å². The summed E-state index contributed by atoms with van der Waals surface area (Å²) in [5.41, 5.74) is 1.20. The molecule has 0 N–H and O–H groups in total. The SMILES string of the molecule is CCOc1ccc(C(=O)N(CCc2cccs2)c2nc3ccc(S(C)(=O)=O)cc3s2)cc1. The van der Waals surface area contributed by atoms with Crippen LogP contribution >= 0.6 is 22.7 Å². The second-order valence-electron chi connectivity index (χ2n) is 7.14. The van der Waals surface area contributed by atoms with Gasteiger partial charge in [-0.1, -0.05) is 17.4 Å². The summed E-state index contributed by atoms with van der Waals surface area (Å²) in [7, 11) is -3.33. The Hall–Kier alpha value is -2.75. The van der Waals surface area contributed by atoms with Crippen LogP contribution in [0.15, 0.2) is 64.9 Å². The van der Waals surface area contributed by atoms with Crippen LogP contribution in [-0.4, -0.2) is 38.7 Å². The van der Waals surface area contributed by atoms with Gasteiger partial charge in [0.2, 0.25) is 0 Å². The number of thiazole rings is 1. The van der Waals surface area contributed by atoms with E-state index in [9.17, 15) is 13.2 Å². The molecule has 2 heterocycles. The number of carbonyl (C=O) groups is 1. The maximum absolute atomic E-state index is 13.4. The molecule has 9 heteroatoms. The number of anilines is 1. The Morgan fingerprint density at radius 2 is 1.91 bits per heavy atom. The Bertz CT molecular complexity index is 1330. The van der Waals surface area contributed by atoms with Gasteiger partial charge in [0.15, 0.2) is 15.0 Å². The van der Waals surface area contributed by atoms with Gasteiger partial charge < -0.3 is 4.74 Å². The molecule has 2 aromatic heterocycles. The monoisotopic (exact) mass is 486 g/mol. The molecule has 0 atom stereocenters. The molecule has 0 bridgehead atoms. The van der Waals surface area contributed by atoms with Gasteiger partial charge in [0.1, 0.15) is 5.75 Å². The lowest BCUT2D eigenvalue weighted by atomic mass is 10.2. The van der Waals surface area contributed by atoms with E-state index in [0.29, 0.717) is 41.5 Å². The van der Waals surface area contributed by atoms with Gasteiger partial charge in [0.25, 0.3) is 5.91 Å². The molecule has 166 valence electrons. The highest BCUT2D eigenvalue weighted by molar-refractivity contribution is 7.90. The van der Waals surface area contributed by atoms with Crippen molar-refractivity contribution in [1.29, 1.82) is 0 Å². The maximum Gasteiger partial charge on any atom is 0.260 e. The topological polar surface area (TPSA) is 76.6 Å². The molecular weight excluding hydrogens is 464 g/mol. The van der Waals surface area contributed by atoms with Crippen LogP contribution in [0.5, 0.6) is 5.75 Å². The highest BCUT2D eigenvalue weighted by Crippen LogP contribution is 2.32. The van der Waals surface area contributed by atoms with Crippen molar-refractivity contribution in [3.63, 3.8) is 0 Å². The summed E-state index contributed by atoms with van der Waals surface area (Å²) in [4.78, 5) is 21.2. The number of ether oxygens (including phenoxy) is 1. The second kappa shape index (κ2) is 9.40. The zero-order valence-electron chi connectivity index (χ0n) is 17.6. The summed E-state index contributed by atoms with van der Waals surface area (Å²) in [6.07, 6.45) is 1.88. The van der Waals surface area contributed by atoms with Crippen molar-refractivity contribution < 1.29 is 17.9 Å². The number of rotatable bonds is 8. The van der Waals surface area contributed by atoms with Crippen LogP contribution in [0.2, 0.25) is 0 Å². The minimum atomic E-state index is -3.33. The van der Waals surface area contributed by atoms with Crippen LogP contribution in [-0.2, 0) is 16.3 Å². The largest absolute Gasteiger partial charge is 0.494 e. The normalized spacial score (nSPS) is 11.6. The van der Waals surface area contributed by atoms with Gasteiger partial charge in [0, 0.05) is 23.2 Å². The van der Waals surface area contributed by atoms with E-state index in [0.717, 1.165) is 4.70 Å². The molecule has 0 aliphatic carbocycles. The third-order valence-electron chi connectivity index (χ3n) is 4.83. The molecule has 4 aromatic rings. The van der Waals surface area contributed by atoms with Crippen molar-refractivity contribution in [2.24, 2.45) is 0 Å². The summed E-state index contributed by atoms with van der Waals surface area (Å²) in [6, 6.07) is 15.9. The summed E-state index contributed by atoms with van der Waals surface area (Å²) >= 11 is 2.96. The third-order valence-corrected chi connectivity index (χ3v) is 7.91. The molecule has 2 aromatic carbocycles. The number of amides is 1. The predicted molar refractivity (Wildman–Crippen MR) is 130 cm³/mol. The highest BCUT2D eigenvalue weighted by atomic mass is 32.2. The fourth-order valence-electron chi connectivity index (χ4n) is 3.22. The van der Waals surface area contributed by atoms with E-state index in [1.165, 1.54) is 22.5 Å². The summed E-state index contributed by atoms with van der Waals surface area (Å²) in [5.74, 6) is 0.550. The Morgan fingerprint density at radius 1 is 1.12 bits per heavy atom. The van der Waals surface area contributed by atoms with Gasteiger partial charge in [-0.2, -0.15) is 0 Å².